The Labute approximate surface area is 198 Å². The number of rotatable bonds is 4. The van der Waals surface area contributed by atoms with Crippen molar-refractivity contribution in [3.05, 3.63) is 59.7 Å². The van der Waals surface area contributed by atoms with E-state index in [-0.39, 0.29) is 31.9 Å². The zero-order chi connectivity index (χ0) is 24.7. The molecule has 0 aromatic heterocycles. The molecule has 1 amide bonds. The molecule has 2 unspecified atom stereocenters. The first-order chi connectivity index (χ1) is 16.1. The van der Waals surface area contributed by atoms with Crippen LogP contribution in [0.3, 0.4) is 0 Å². The van der Waals surface area contributed by atoms with E-state index in [2.05, 4.69) is 0 Å². The molecule has 4 rings (SSSR count). The number of nitrogens with two attached hydrogens (primary N) is 1. The Bertz CT molecular complexity index is 1080. The molecule has 2 aromatic carbocycles. The van der Waals surface area contributed by atoms with Gasteiger partial charge in [0.1, 0.15) is 18.4 Å². The number of aliphatic carboxylic acids is 1. The molecule has 2 aliphatic rings. The maximum atomic E-state index is 13.3. The summed E-state index contributed by atoms with van der Waals surface area (Å²) in [4.78, 5) is 39.6. The fraction of sp³-hybridized carbons (Fsp3) is 0.423. The summed E-state index contributed by atoms with van der Waals surface area (Å²) in [6, 6.07) is 15.8. The van der Waals surface area contributed by atoms with Gasteiger partial charge in [0.25, 0.3) is 0 Å². The minimum absolute atomic E-state index is 0.0267. The third-order valence-corrected chi connectivity index (χ3v) is 6.53. The fourth-order valence-corrected chi connectivity index (χ4v) is 4.88. The molecule has 1 aliphatic heterocycles. The average Bonchev–Trinajstić information content (AvgIpc) is 3.10. The monoisotopic (exact) mass is 466 g/mol. The number of piperidine rings is 1. The quantitative estimate of drug-likeness (QED) is 0.520. The molecular weight excluding hydrogens is 436 g/mol. The van der Waals surface area contributed by atoms with Crippen LogP contribution < -0.4 is 5.73 Å². The molecule has 0 spiro atoms. The van der Waals surface area contributed by atoms with Crippen molar-refractivity contribution in [2.24, 2.45) is 11.1 Å². The van der Waals surface area contributed by atoms with Gasteiger partial charge in [-0.15, -0.1) is 0 Å². The van der Waals surface area contributed by atoms with E-state index in [1.165, 1.54) is 0 Å². The summed E-state index contributed by atoms with van der Waals surface area (Å²) in [5, 5.41) is 10.1. The lowest BCUT2D eigenvalue weighted by Gasteiger charge is -2.43. The van der Waals surface area contributed by atoms with Crippen LogP contribution in [0.2, 0.25) is 0 Å². The molecule has 1 aliphatic carbocycles. The maximum absolute atomic E-state index is 13.3. The number of esters is 1. The molecule has 1 fully saturated rings. The molecule has 1 saturated heterocycles. The van der Waals surface area contributed by atoms with Gasteiger partial charge in [0.2, 0.25) is 0 Å². The van der Waals surface area contributed by atoms with E-state index >= 15 is 0 Å². The van der Waals surface area contributed by atoms with Gasteiger partial charge in [-0.05, 0) is 55.9 Å². The number of hydrogen-bond acceptors (Lipinski definition) is 6. The van der Waals surface area contributed by atoms with Gasteiger partial charge in [-0.1, -0.05) is 48.5 Å². The summed E-state index contributed by atoms with van der Waals surface area (Å²) in [5.74, 6) is -2.57. The number of ether oxygens (including phenoxy) is 2. The van der Waals surface area contributed by atoms with Crippen molar-refractivity contribution >= 4 is 18.0 Å². The lowest BCUT2D eigenvalue weighted by atomic mass is 9.77. The number of carbonyl (C=O) groups is 3. The van der Waals surface area contributed by atoms with E-state index < -0.39 is 35.2 Å². The van der Waals surface area contributed by atoms with Crippen LogP contribution in [0.15, 0.2) is 48.5 Å². The van der Waals surface area contributed by atoms with E-state index in [1.54, 1.807) is 20.8 Å². The molecule has 34 heavy (non-hydrogen) atoms. The Kier molecular flexibility index (Phi) is 6.12. The summed E-state index contributed by atoms with van der Waals surface area (Å²) in [7, 11) is 0. The minimum Gasteiger partial charge on any atom is -0.480 e. The first-order valence-electron chi connectivity index (χ1n) is 11.4. The number of fused-ring (bicyclic) bond motifs is 3. The Morgan fingerprint density at radius 2 is 1.62 bits per heavy atom. The molecule has 1 heterocycles. The van der Waals surface area contributed by atoms with Crippen LogP contribution in [0.4, 0.5) is 4.79 Å². The molecule has 0 bridgehead atoms. The molecular formula is C26H30N2O6. The first kappa shape index (κ1) is 23.8. The third kappa shape index (κ3) is 4.03. The van der Waals surface area contributed by atoms with E-state index in [4.69, 9.17) is 15.2 Å². The topological polar surface area (TPSA) is 119 Å². The lowest BCUT2D eigenvalue weighted by molar-refractivity contribution is -0.178. The first-order valence-corrected chi connectivity index (χ1v) is 11.4. The average molecular weight is 467 g/mol. The van der Waals surface area contributed by atoms with Gasteiger partial charge in [-0.2, -0.15) is 0 Å². The van der Waals surface area contributed by atoms with Crippen LogP contribution in [0.1, 0.15) is 50.7 Å². The standard InChI is InChI=1S/C26H30N2O6/c1-25(2,3)34-24(32)28-14-8-13-26(21(28)27,22(29)30)23(31)33-15-20-18-11-6-4-9-16(18)17-10-5-7-12-19(17)20/h4-7,9-12,20-21H,8,13-15,27H2,1-3H3,(H,29,30). The van der Waals surface area contributed by atoms with Gasteiger partial charge in [0.15, 0.2) is 5.41 Å². The Morgan fingerprint density at radius 1 is 1.06 bits per heavy atom. The zero-order valence-corrected chi connectivity index (χ0v) is 19.6. The van der Waals surface area contributed by atoms with Crippen LogP contribution in [-0.4, -0.2) is 53.0 Å². The summed E-state index contributed by atoms with van der Waals surface area (Å²) in [5.41, 5.74) is 7.57. The molecule has 2 aromatic rings. The van der Waals surface area contributed by atoms with Gasteiger partial charge in [0, 0.05) is 12.5 Å². The van der Waals surface area contributed by atoms with Crippen molar-refractivity contribution in [2.45, 2.75) is 51.3 Å². The smallest absolute Gasteiger partial charge is 0.411 e. The highest BCUT2D eigenvalue weighted by molar-refractivity contribution is 6.00. The Morgan fingerprint density at radius 3 is 2.15 bits per heavy atom. The van der Waals surface area contributed by atoms with Gasteiger partial charge in [-0.3, -0.25) is 14.5 Å². The van der Waals surface area contributed by atoms with Crippen molar-refractivity contribution in [1.29, 1.82) is 0 Å². The predicted molar refractivity (Wildman–Crippen MR) is 125 cm³/mol. The van der Waals surface area contributed by atoms with Crippen molar-refractivity contribution in [2.75, 3.05) is 13.2 Å². The summed E-state index contributed by atoms with van der Waals surface area (Å²) < 4.78 is 11.0. The van der Waals surface area contributed by atoms with E-state index in [9.17, 15) is 19.5 Å². The van der Waals surface area contributed by atoms with Crippen molar-refractivity contribution in [1.82, 2.24) is 4.90 Å². The number of likely N-dealkylation sites (tertiary alicyclic amines) is 1. The largest absolute Gasteiger partial charge is 0.480 e. The summed E-state index contributed by atoms with van der Waals surface area (Å²) in [6.45, 7) is 5.28. The van der Waals surface area contributed by atoms with Crippen LogP contribution in [-0.2, 0) is 19.1 Å². The number of carboxylic acid groups (broad SMARTS) is 1. The second-order valence-electron chi connectivity index (χ2n) is 9.82. The number of hydrogen-bond donors (Lipinski definition) is 2. The Balaban J connectivity index is 1.57. The van der Waals surface area contributed by atoms with E-state index in [1.807, 2.05) is 48.5 Å². The van der Waals surface area contributed by atoms with Gasteiger partial charge >= 0.3 is 18.0 Å². The van der Waals surface area contributed by atoms with Crippen LogP contribution in [0, 0.1) is 5.41 Å². The summed E-state index contributed by atoms with van der Waals surface area (Å²) >= 11 is 0. The van der Waals surface area contributed by atoms with E-state index in [0.29, 0.717) is 0 Å². The molecule has 0 saturated carbocycles. The second-order valence-corrected chi connectivity index (χ2v) is 9.82. The number of amides is 1. The van der Waals surface area contributed by atoms with Gasteiger partial charge in [-0.25, -0.2) is 4.79 Å². The van der Waals surface area contributed by atoms with E-state index in [0.717, 1.165) is 27.2 Å². The molecule has 180 valence electrons. The predicted octanol–water partition coefficient (Wildman–Crippen LogP) is 3.73. The third-order valence-electron chi connectivity index (χ3n) is 6.53. The molecule has 0 radical (unpaired) electrons. The molecule has 2 atom stereocenters. The van der Waals surface area contributed by atoms with Crippen molar-refractivity contribution in [3.63, 3.8) is 0 Å². The van der Waals surface area contributed by atoms with Crippen LogP contribution in [0.5, 0.6) is 0 Å². The normalized spacial score (nSPS) is 22.0. The molecule has 8 nitrogen and oxygen atoms in total. The number of nitrogens with zero attached hydrogens (tertiary/aromatic N) is 1. The fourth-order valence-electron chi connectivity index (χ4n) is 4.88. The summed E-state index contributed by atoms with van der Waals surface area (Å²) in [6.07, 6.45) is -1.91. The Hall–Kier alpha value is -3.39. The second kappa shape index (κ2) is 8.76. The van der Waals surface area contributed by atoms with Crippen LogP contribution >= 0.6 is 0 Å². The maximum Gasteiger partial charge on any atom is 0.411 e. The highest BCUT2D eigenvalue weighted by Crippen LogP contribution is 2.45. The lowest BCUT2D eigenvalue weighted by Crippen LogP contribution is -2.65. The van der Waals surface area contributed by atoms with Crippen molar-refractivity contribution in [3.8, 4) is 11.1 Å². The number of carboxylic acids is 1. The number of benzene rings is 2. The molecule has 3 N–H and O–H groups in total. The number of carbonyl (C=O) groups excluding carboxylic acids is 2. The van der Waals surface area contributed by atoms with Gasteiger partial charge in [0.05, 0.1) is 0 Å². The highest BCUT2D eigenvalue weighted by atomic mass is 16.6. The van der Waals surface area contributed by atoms with Gasteiger partial charge < -0.3 is 20.3 Å². The van der Waals surface area contributed by atoms with Crippen LogP contribution in [0.25, 0.3) is 11.1 Å². The zero-order valence-electron chi connectivity index (χ0n) is 19.6. The van der Waals surface area contributed by atoms with Crippen molar-refractivity contribution < 1.29 is 29.0 Å². The molecule has 8 heteroatoms. The minimum atomic E-state index is -2.08. The SMILES string of the molecule is CC(C)(C)OC(=O)N1CCCC(C(=O)O)(C(=O)OCC2c3ccccc3-c3ccccc32)C1N. The highest BCUT2D eigenvalue weighted by Gasteiger charge is 2.58.